The molecule has 0 aliphatic carbocycles. The number of carbonyl (C=O) groups is 2. The molecule has 0 radical (unpaired) electrons. The van der Waals surface area contributed by atoms with E-state index in [-0.39, 0.29) is 5.76 Å². The van der Waals surface area contributed by atoms with Gasteiger partial charge < -0.3 is 14.5 Å². The number of furan rings is 1. The minimum Gasteiger partial charge on any atom is -0.481 e. The van der Waals surface area contributed by atoms with Gasteiger partial charge in [-0.15, -0.1) is 0 Å². The number of benzene rings is 1. The molecular formula is C16H13NO4. The van der Waals surface area contributed by atoms with Crippen LogP contribution in [0.2, 0.25) is 0 Å². The minimum atomic E-state index is -1.17. The second kappa shape index (κ2) is 4.94. The zero-order valence-corrected chi connectivity index (χ0v) is 11.3. The molecule has 0 atom stereocenters. The molecule has 0 bridgehead atoms. The van der Waals surface area contributed by atoms with Crippen molar-refractivity contribution in [2.45, 2.75) is 13.3 Å². The van der Waals surface area contributed by atoms with Crippen LogP contribution in [0, 0.1) is 6.92 Å². The Kier molecular flexibility index (Phi) is 3.10. The van der Waals surface area contributed by atoms with Gasteiger partial charge in [0.2, 0.25) is 5.78 Å². The Morgan fingerprint density at radius 1 is 1.29 bits per heavy atom. The fourth-order valence-electron chi connectivity index (χ4n) is 2.33. The largest absolute Gasteiger partial charge is 0.481 e. The molecule has 5 nitrogen and oxygen atoms in total. The molecular weight excluding hydrogens is 270 g/mol. The molecule has 0 unspecified atom stereocenters. The number of ketones is 1. The average molecular weight is 283 g/mol. The maximum Gasteiger partial charge on any atom is 0.311 e. The van der Waals surface area contributed by atoms with Gasteiger partial charge in [-0.3, -0.25) is 9.59 Å². The fraction of sp³-hybridized carbons (Fsp3) is 0.125. The van der Waals surface area contributed by atoms with E-state index in [2.05, 4.69) is 4.98 Å². The van der Waals surface area contributed by atoms with E-state index < -0.39 is 18.2 Å². The first-order valence-corrected chi connectivity index (χ1v) is 6.46. The Morgan fingerprint density at radius 3 is 2.86 bits per heavy atom. The van der Waals surface area contributed by atoms with Gasteiger partial charge in [-0.1, -0.05) is 12.1 Å². The third kappa shape index (κ3) is 2.45. The summed E-state index contributed by atoms with van der Waals surface area (Å²) >= 11 is 0. The van der Waals surface area contributed by atoms with Crippen LogP contribution in [-0.2, 0) is 4.79 Å². The van der Waals surface area contributed by atoms with Gasteiger partial charge in [0.1, 0.15) is 6.42 Å². The van der Waals surface area contributed by atoms with E-state index >= 15 is 0 Å². The third-order valence-electron chi connectivity index (χ3n) is 3.33. The lowest BCUT2D eigenvalue weighted by Crippen LogP contribution is -2.05. The van der Waals surface area contributed by atoms with Crippen molar-refractivity contribution in [1.82, 2.24) is 4.98 Å². The number of nitrogens with one attached hydrogen (secondary N) is 1. The van der Waals surface area contributed by atoms with Crippen molar-refractivity contribution >= 4 is 22.7 Å². The molecule has 2 heterocycles. The molecule has 0 spiro atoms. The van der Waals surface area contributed by atoms with Crippen molar-refractivity contribution in [3.63, 3.8) is 0 Å². The van der Waals surface area contributed by atoms with Gasteiger partial charge >= 0.3 is 5.97 Å². The second-order valence-electron chi connectivity index (χ2n) is 4.94. The predicted octanol–water partition coefficient (Wildman–Crippen LogP) is 3.39. The van der Waals surface area contributed by atoms with E-state index in [4.69, 9.17) is 9.52 Å². The van der Waals surface area contributed by atoms with Gasteiger partial charge in [-0.05, 0) is 24.6 Å². The van der Waals surface area contributed by atoms with Crippen LogP contribution in [0.1, 0.15) is 22.5 Å². The van der Waals surface area contributed by atoms with Crippen LogP contribution >= 0.6 is 0 Å². The highest BCUT2D eigenvalue weighted by Crippen LogP contribution is 2.30. The number of aromatic nitrogens is 1. The van der Waals surface area contributed by atoms with Crippen LogP contribution in [0.3, 0.4) is 0 Å². The average Bonchev–Trinajstić information content (AvgIpc) is 3.02. The molecule has 0 saturated carbocycles. The van der Waals surface area contributed by atoms with Crippen LogP contribution in [0.4, 0.5) is 0 Å². The lowest BCUT2D eigenvalue weighted by molar-refractivity contribution is -0.135. The third-order valence-corrected chi connectivity index (χ3v) is 3.33. The minimum absolute atomic E-state index is 0.0638. The number of carbonyl (C=O) groups excluding carboxylic acids is 1. The summed E-state index contributed by atoms with van der Waals surface area (Å²) in [5.74, 6) is -1.64. The number of aliphatic carboxylic acids is 1. The van der Waals surface area contributed by atoms with Crippen molar-refractivity contribution in [3.8, 4) is 11.1 Å². The number of hydrogen-bond acceptors (Lipinski definition) is 3. The Hall–Kier alpha value is -2.82. The number of rotatable bonds is 4. The second-order valence-corrected chi connectivity index (χ2v) is 4.94. The van der Waals surface area contributed by atoms with Crippen molar-refractivity contribution < 1.29 is 19.1 Å². The molecule has 1 aromatic carbocycles. The van der Waals surface area contributed by atoms with E-state index in [1.807, 2.05) is 31.3 Å². The molecule has 2 aromatic heterocycles. The SMILES string of the molecule is Cc1ccc2c(-c3coc(C(=O)CC(=O)O)c3)c[nH]c2c1. The van der Waals surface area contributed by atoms with Gasteiger partial charge in [-0.2, -0.15) is 0 Å². The van der Waals surface area contributed by atoms with Gasteiger partial charge in [0.05, 0.1) is 6.26 Å². The van der Waals surface area contributed by atoms with E-state index in [9.17, 15) is 9.59 Å². The Morgan fingerprint density at radius 2 is 2.10 bits per heavy atom. The lowest BCUT2D eigenvalue weighted by Gasteiger charge is -1.95. The zero-order valence-electron chi connectivity index (χ0n) is 11.3. The molecule has 0 saturated heterocycles. The van der Waals surface area contributed by atoms with Crippen molar-refractivity contribution in [2.75, 3.05) is 0 Å². The monoisotopic (exact) mass is 283 g/mol. The summed E-state index contributed by atoms with van der Waals surface area (Å²) in [6, 6.07) is 7.63. The predicted molar refractivity (Wildman–Crippen MR) is 77.3 cm³/mol. The number of carboxylic acids is 1. The van der Waals surface area contributed by atoms with Gasteiger partial charge in [0.15, 0.2) is 5.76 Å². The van der Waals surface area contributed by atoms with E-state index in [0.717, 1.165) is 27.6 Å². The molecule has 0 fully saturated rings. The van der Waals surface area contributed by atoms with E-state index in [1.54, 1.807) is 6.07 Å². The van der Waals surface area contributed by atoms with Crippen LogP contribution in [0.5, 0.6) is 0 Å². The summed E-state index contributed by atoms with van der Waals surface area (Å²) < 4.78 is 5.20. The highest BCUT2D eigenvalue weighted by Gasteiger charge is 2.16. The quantitative estimate of drug-likeness (QED) is 0.568. The number of aromatic amines is 1. The molecule has 0 aliphatic rings. The van der Waals surface area contributed by atoms with Crippen LogP contribution < -0.4 is 0 Å². The molecule has 5 heteroatoms. The summed E-state index contributed by atoms with van der Waals surface area (Å²) in [5, 5.41) is 9.66. The smallest absolute Gasteiger partial charge is 0.311 e. The maximum atomic E-state index is 11.7. The fourth-order valence-corrected chi connectivity index (χ4v) is 2.33. The highest BCUT2D eigenvalue weighted by atomic mass is 16.4. The van der Waals surface area contributed by atoms with Crippen LogP contribution in [0.25, 0.3) is 22.0 Å². The summed E-state index contributed by atoms with van der Waals surface area (Å²) in [7, 11) is 0. The summed E-state index contributed by atoms with van der Waals surface area (Å²) in [6.07, 6.45) is 2.75. The number of hydrogen-bond donors (Lipinski definition) is 2. The number of Topliss-reactive ketones (excluding diaryl/α,β-unsaturated/α-hetero) is 1. The van der Waals surface area contributed by atoms with E-state index in [1.165, 1.54) is 6.26 Å². The van der Waals surface area contributed by atoms with Crippen molar-refractivity contribution in [2.24, 2.45) is 0 Å². The summed E-state index contributed by atoms with van der Waals surface area (Å²) in [6.45, 7) is 2.01. The number of carboxylic acid groups (broad SMARTS) is 1. The Labute approximate surface area is 120 Å². The highest BCUT2D eigenvalue weighted by molar-refractivity contribution is 6.05. The number of aryl methyl sites for hydroxylation is 1. The number of H-pyrrole nitrogens is 1. The van der Waals surface area contributed by atoms with Crippen LogP contribution in [0.15, 0.2) is 41.1 Å². The first kappa shape index (κ1) is 13.2. The normalized spacial score (nSPS) is 10.9. The summed E-state index contributed by atoms with van der Waals surface area (Å²) in [4.78, 5) is 25.4. The molecule has 3 rings (SSSR count). The van der Waals surface area contributed by atoms with Gasteiger partial charge in [-0.25, -0.2) is 0 Å². The Balaban J connectivity index is 1.98. The lowest BCUT2D eigenvalue weighted by atomic mass is 10.1. The Bertz CT molecular complexity index is 841. The molecule has 0 amide bonds. The van der Waals surface area contributed by atoms with Crippen LogP contribution in [-0.4, -0.2) is 21.8 Å². The standard InChI is InChI=1S/C16H13NO4/c1-9-2-3-11-12(7-17-13(11)4-9)10-5-15(21-8-10)14(18)6-16(19)20/h2-5,7-8,17H,6H2,1H3,(H,19,20). The van der Waals surface area contributed by atoms with Crippen molar-refractivity contribution in [3.05, 3.63) is 48.0 Å². The molecule has 0 aliphatic heterocycles. The summed E-state index contributed by atoms with van der Waals surface area (Å²) in [5.41, 5.74) is 3.83. The topological polar surface area (TPSA) is 83.3 Å². The molecule has 3 aromatic rings. The maximum absolute atomic E-state index is 11.7. The number of fused-ring (bicyclic) bond motifs is 1. The van der Waals surface area contributed by atoms with Crippen molar-refractivity contribution in [1.29, 1.82) is 0 Å². The molecule has 2 N–H and O–H groups in total. The van der Waals surface area contributed by atoms with Gasteiger partial charge in [0.25, 0.3) is 0 Å². The van der Waals surface area contributed by atoms with E-state index in [0.29, 0.717) is 0 Å². The molecule has 21 heavy (non-hydrogen) atoms. The zero-order chi connectivity index (χ0) is 15.0. The molecule has 106 valence electrons. The first-order valence-electron chi connectivity index (χ1n) is 6.46. The van der Waals surface area contributed by atoms with Gasteiger partial charge in [0, 0.05) is 28.2 Å². The first-order chi connectivity index (χ1) is 10.0.